The number of aryl methyl sites for hydroxylation is 1. The van der Waals surface area contributed by atoms with Crippen molar-refractivity contribution in [2.75, 3.05) is 0 Å². The summed E-state index contributed by atoms with van der Waals surface area (Å²) >= 11 is 4.41. The molecule has 0 N–H and O–H groups in total. The maximum atomic E-state index is 4.41. The molecule has 1 aromatic rings. The summed E-state index contributed by atoms with van der Waals surface area (Å²) in [6, 6.07) is 0. The Labute approximate surface area is 64.4 Å². The minimum Gasteiger partial charge on any atom is -0.336 e. The van der Waals surface area contributed by atoms with Crippen LogP contribution < -0.4 is 0 Å². The molecule has 0 aliphatic rings. The highest BCUT2D eigenvalue weighted by Gasteiger charge is 1.93. The van der Waals surface area contributed by atoms with Gasteiger partial charge in [-0.1, -0.05) is 0 Å². The van der Waals surface area contributed by atoms with E-state index in [-0.39, 0.29) is 0 Å². The zero-order valence-corrected chi connectivity index (χ0v) is 6.43. The second-order valence-corrected chi connectivity index (χ2v) is 2.04. The van der Waals surface area contributed by atoms with Gasteiger partial charge < -0.3 is 4.57 Å². The number of rotatable bonds is 2. The zero-order valence-electron chi connectivity index (χ0n) is 5.61. The van der Waals surface area contributed by atoms with Crippen molar-refractivity contribution in [3.63, 3.8) is 0 Å². The Kier molecular flexibility index (Phi) is 2.31. The number of nitrogens with zero attached hydrogens (tertiary/aromatic N) is 3. The van der Waals surface area contributed by atoms with Crippen LogP contribution in [0.15, 0.2) is 17.4 Å². The van der Waals surface area contributed by atoms with Gasteiger partial charge in [-0.3, -0.25) is 0 Å². The maximum Gasteiger partial charge on any atom is 0.130 e. The molecule has 0 fully saturated rings. The standard InChI is InChI=1S/C6H7N3S/c1-9-3-2-8-6(9)4-7-5-10/h2-3H,4H2,1H3. The monoisotopic (exact) mass is 153 g/mol. The molecule has 52 valence electrons. The highest BCUT2D eigenvalue weighted by Crippen LogP contribution is 1.94. The number of hydrogen-bond donors (Lipinski definition) is 0. The Morgan fingerprint density at radius 1 is 1.90 bits per heavy atom. The molecule has 0 aromatic carbocycles. The van der Waals surface area contributed by atoms with Gasteiger partial charge in [0.05, 0.1) is 5.16 Å². The molecule has 0 atom stereocenters. The van der Waals surface area contributed by atoms with Gasteiger partial charge in [0.1, 0.15) is 12.4 Å². The van der Waals surface area contributed by atoms with E-state index in [1.165, 1.54) is 0 Å². The third-order valence-corrected chi connectivity index (χ3v) is 1.34. The van der Waals surface area contributed by atoms with E-state index in [9.17, 15) is 0 Å². The summed E-state index contributed by atoms with van der Waals surface area (Å²) in [4.78, 5) is 7.79. The van der Waals surface area contributed by atoms with Crippen LogP contribution in [0.3, 0.4) is 0 Å². The molecule has 1 aromatic heterocycles. The van der Waals surface area contributed by atoms with Crippen molar-refractivity contribution in [1.82, 2.24) is 9.55 Å². The topological polar surface area (TPSA) is 30.2 Å². The number of aliphatic imine (C=N–C) groups is 1. The van der Waals surface area contributed by atoms with Crippen molar-refractivity contribution in [2.45, 2.75) is 6.54 Å². The molecular weight excluding hydrogens is 146 g/mol. The molecule has 0 aliphatic carbocycles. The molecule has 0 aliphatic heterocycles. The van der Waals surface area contributed by atoms with Crippen molar-refractivity contribution in [3.8, 4) is 0 Å². The molecule has 1 rings (SSSR count). The highest BCUT2D eigenvalue weighted by atomic mass is 32.1. The minimum atomic E-state index is 0.521. The number of isothiocyanates is 1. The Morgan fingerprint density at radius 2 is 2.70 bits per heavy atom. The first-order valence-electron chi connectivity index (χ1n) is 2.84. The number of thiocarbonyl (C=S) groups is 1. The van der Waals surface area contributed by atoms with Crippen molar-refractivity contribution in [1.29, 1.82) is 0 Å². The molecular formula is C6H7N3S. The molecule has 0 bridgehead atoms. The van der Waals surface area contributed by atoms with Gasteiger partial charge in [-0.25, -0.2) is 9.98 Å². The molecule has 4 heteroatoms. The summed E-state index contributed by atoms with van der Waals surface area (Å²) < 4.78 is 1.90. The number of hydrogen-bond acceptors (Lipinski definition) is 3. The van der Waals surface area contributed by atoms with E-state index >= 15 is 0 Å². The van der Waals surface area contributed by atoms with Crippen molar-refractivity contribution >= 4 is 17.4 Å². The van der Waals surface area contributed by atoms with Gasteiger partial charge in [0.25, 0.3) is 0 Å². The molecule has 0 radical (unpaired) electrons. The Morgan fingerprint density at radius 3 is 3.20 bits per heavy atom. The predicted octanol–water partition coefficient (Wildman–Crippen LogP) is 1.02. The molecule has 0 spiro atoms. The van der Waals surface area contributed by atoms with Gasteiger partial charge in [-0.05, 0) is 12.2 Å². The van der Waals surface area contributed by atoms with Gasteiger partial charge in [-0.15, -0.1) is 0 Å². The molecule has 0 unspecified atom stereocenters. The fraction of sp³-hybridized carbons (Fsp3) is 0.333. The minimum absolute atomic E-state index is 0.521. The summed E-state index contributed by atoms with van der Waals surface area (Å²) in [5.74, 6) is 0.900. The van der Waals surface area contributed by atoms with Crippen LogP contribution in [0.1, 0.15) is 5.82 Å². The van der Waals surface area contributed by atoms with Gasteiger partial charge in [0.2, 0.25) is 0 Å². The molecule has 1 heterocycles. The molecule has 3 nitrogen and oxygen atoms in total. The lowest BCUT2D eigenvalue weighted by atomic mass is 10.6. The largest absolute Gasteiger partial charge is 0.336 e. The highest BCUT2D eigenvalue weighted by molar-refractivity contribution is 7.78. The quantitative estimate of drug-likeness (QED) is 0.469. The summed E-state index contributed by atoms with van der Waals surface area (Å²) in [6.45, 7) is 0.521. The summed E-state index contributed by atoms with van der Waals surface area (Å²) in [6.07, 6.45) is 3.60. The van der Waals surface area contributed by atoms with Gasteiger partial charge in [0.15, 0.2) is 0 Å². The van der Waals surface area contributed by atoms with E-state index in [1.807, 2.05) is 17.8 Å². The Balaban J connectivity index is 2.74. The normalized spacial score (nSPS) is 8.90. The van der Waals surface area contributed by atoms with E-state index < -0.39 is 0 Å². The maximum absolute atomic E-state index is 4.41. The second-order valence-electron chi connectivity index (χ2n) is 1.86. The van der Waals surface area contributed by atoms with Crippen LogP contribution >= 0.6 is 12.2 Å². The average molecular weight is 153 g/mol. The molecule has 0 saturated heterocycles. The Bertz CT molecular complexity index is 260. The van der Waals surface area contributed by atoms with E-state index in [0.29, 0.717) is 6.54 Å². The third-order valence-electron chi connectivity index (χ3n) is 1.21. The lowest BCUT2D eigenvalue weighted by Gasteiger charge is -1.93. The lowest BCUT2D eigenvalue weighted by molar-refractivity contribution is 0.797. The van der Waals surface area contributed by atoms with Crippen LogP contribution in [0.5, 0.6) is 0 Å². The van der Waals surface area contributed by atoms with E-state index in [4.69, 9.17) is 0 Å². The van der Waals surface area contributed by atoms with E-state index in [0.717, 1.165) is 5.82 Å². The number of imidazole rings is 1. The fourth-order valence-electron chi connectivity index (χ4n) is 0.652. The molecule has 0 saturated carbocycles. The fourth-order valence-corrected chi connectivity index (χ4v) is 0.716. The van der Waals surface area contributed by atoms with Crippen LogP contribution in [0, 0.1) is 0 Å². The van der Waals surface area contributed by atoms with Crippen molar-refractivity contribution < 1.29 is 0 Å². The predicted molar refractivity (Wildman–Crippen MR) is 41.9 cm³/mol. The Hall–Kier alpha value is -0.990. The van der Waals surface area contributed by atoms with Crippen LogP contribution in [0.25, 0.3) is 0 Å². The van der Waals surface area contributed by atoms with Crippen LogP contribution in [0.2, 0.25) is 0 Å². The first-order valence-corrected chi connectivity index (χ1v) is 3.25. The van der Waals surface area contributed by atoms with Gasteiger partial charge >= 0.3 is 0 Å². The second kappa shape index (κ2) is 3.25. The molecule has 10 heavy (non-hydrogen) atoms. The summed E-state index contributed by atoms with van der Waals surface area (Å²) in [5.41, 5.74) is 0. The first-order chi connectivity index (χ1) is 4.84. The summed E-state index contributed by atoms with van der Waals surface area (Å²) in [7, 11) is 1.92. The first kappa shape index (κ1) is 7.12. The van der Waals surface area contributed by atoms with E-state index in [1.54, 1.807) is 6.20 Å². The van der Waals surface area contributed by atoms with Gasteiger partial charge in [-0.2, -0.15) is 0 Å². The zero-order chi connectivity index (χ0) is 7.40. The number of aromatic nitrogens is 2. The third kappa shape index (κ3) is 1.50. The van der Waals surface area contributed by atoms with Crippen molar-refractivity contribution in [3.05, 3.63) is 18.2 Å². The van der Waals surface area contributed by atoms with Crippen LogP contribution in [-0.2, 0) is 13.6 Å². The SMILES string of the molecule is Cn1ccnc1CN=C=S. The summed E-state index contributed by atoms with van der Waals surface area (Å²) in [5, 5.41) is 2.29. The van der Waals surface area contributed by atoms with Crippen LogP contribution in [0.4, 0.5) is 0 Å². The van der Waals surface area contributed by atoms with Gasteiger partial charge in [0, 0.05) is 19.4 Å². The average Bonchev–Trinajstić information content (AvgIpc) is 2.31. The molecule has 0 amide bonds. The van der Waals surface area contributed by atoms with Crippen LogP contribution in [-0.4, -0.2) is 14.7 Å². The lowest BCUT2D eigenvalue weighted by Crippen LogP contribution is -1.94. The van der Waals surface area contributed by atoms with Crippen molar-refractivity contribution in [2.24, 2.45) is 12.0 Å². The van der Waals surface area contributed by atoms with E-state index in [2.05, 4.69) is 27.4 Å². The smallest absolute Gasteiger partial charge is 0.130 e.